The van der Waals surface area contributed by atoms with Crippen molar-refractivity contribution >= 4 is 23.5 Å². The minimum absolute atomic E-state index is 0.131. The normalized spacial score (nSPS) is 23.5. The van der Waals surface area contributed by atoms with Crippen molar-refractivity contribution in [1.82, 2.24) is 4.90 Å². The van der Waals surface area contributed by atoms with Gasteiger partial charge in [-0.1, -0.05) is 17.7 Å². The minimum Gasteiger partial charge on any atom is -0.479 e. The molecule has 0 spiro atoms. The van der Waals surface area contributed by atoms with Gasteiger partial charge in [0.25, 0.3) is 0 Å². The topological polar surface area (TPSA) is 66.8 Å². The second-order valence-electron chi connectivity index (χ2n) is 4.19. The van der Waals surface area contributed by atoms with Crippen LogP contribution in [0, 0.1) is 5.82 Å². The molecular weight excluding hydrogens is 277 g/mol. The fourth-order valence-electron chi connectivity index (χ4n) is 2.01. The third kappa shape index (κ3) is 2.54. The molecular formula is C12H11ClFNO4. The van der Waals surface area contributed by atoms with E-state index in [2.05, 4.69) is 0 Å². The van der Waals surface area contributed by atoms with Crippen LogP contribution in [0.4, 0.5) is 4.39 Å². The van der Waals surface area contributed by atoms with Crippen molar-refractivity contribution in [2.24, 2.45) is 0 Å². The second kappa shape index (κ2) is 5.14. The van der Waals surface area contributed by atoms with Crippen LogP contribution in [-0.4, -0.2) is 41.6 Å². The highest BCUT2D eigenvalue weighted by Crippen LogP contribution is 2.31. The summed E-state index contributed by atoms with van der Waals surface area (Å²) in [4.78, 5) is 24.0. The molecule has 0 bridgehead atoms. The zero-order chi connectivity index (χ0) is 14.2. The summed E-state index contributed by atoms with van der Waals surface area (Å²) in [5.41, 5.74) is 0.411. The Labute approximate surface area is 113 Å². The molecule has 102 valence electrons. The highest BCUT2D eigenvalue weighted by atomic mass is 35.5. The molecule has 0 aliphatic carbocycles. The summed E-state index contributed by atoms with van der Waals surface area (Å²) >= 11 is 5.68. The first kappa shape index (κ1) is 13.8. The Morgan fingerprint density at radius 1 is 1.58 bits per heavy atom. The van der Waals surface area contributed by atoms with Crippen molar-refractivity contribution in [2.75, 3.05) is 13.7 Å². The molecule has 1 N–H and O–H groups in total. The minimum atomic E-state index is -1.20. The lowest BCUT2D eigenvalue weighted by molar-refractivity contribution is -0.171. The van der Waals surface area contributed by atoms with Crippen LogP contribution in [0.2, 0.25) is 5.02 Å². The largest absolute Gasteiger partial charge is 0.479 e. The fraction of sp³-hybridized carbons (Fsp3) is 0.333. The Morgan fingerprint density at radius 3 is 2.84 bits per heavy atom. The van der Waals surface area contributed by atoms with Crippen LogP contribution >= 0.6 is 11.6 Å². The number of carbonyl (C=O) groups is 2. The van der Waals surface area contributed by atoms with E-state index in [9.17, 15) is 14.0 Å². The molecule has 0 saturated carbocycles. The van der Waals surface area contributed by atoms with Gasteiger partial charge in [-0.2, -0.15) is 0 Å². The first-order valence-electron chi connectivity index (χ1n) is 5.47. The summed E-state index contributed by atoms with van der Waals surface area (Å²) in [6, 6.07) is 2.98. The van der Waals surface area contributed by atoms with Crippen molar-refractivity contribution in [3.63, 3.8) is 0 Å². The third-order valence-corrected chi connectivity index (χ3v) is 3.30. The number of likely N-dealkylation sites (N-methyl/N-ethyl adjacent to an activating group) is 1. The molecule has 1 aliphatic heterocycles. The van der Waals surface area contributed by atoms with Crippen molar-refractivity contribution in [1.29, 1.82) is 0 Å². The average molecular weight is 288 g/mol. The van der Waals surface area contributed by atoms with Gasteiger partial charge in [0.05, 0.1) is 11.1 Å². The smallest absolute Gasteiger partial charge is 0.335 e. The van der Waals surface area contributed by atoms with Gasteiger partial charge in [0.2, 0.25) is 5.91 Å². The molecule has 19 heavy (non-hydrogen) atoms. The number of nitrogens with zero attached hydrogens (tertiary/aromatic N) is 1. The van der Waals surface area contributed by atoms with Gasteiger partial charge in [0.15, 0.2) is 6.10 Å². The number of carbonyl (C=O) groups excluding carboxylic acids is 1. The van der Waals surface area contributed by atoms with Gasteiger partial charge in [0, 0.05) is 7.05 Å². The number of benzene rings is 1. The molecule has 5 nitrogen and oxygen atoms in total. The number of halogens is 2. The zero-order valence-corrected chi connectivity index (χ0v) is 10.7. The maximum atomic E-state index is 13.1. The number of morpholine rings is 1. The Morgan fingerprint density at radius 2 is 2.26 bits per heavy atom. The summed E-state index contributed by atoms with van der Waals surface area (Å²) in [7, 11) is 1.47. The van der Waals surface area contributed by atoms with Crippen molar-refractivity contribution < 1.29 is 23.8 Å². The van der Waals surface area contributed by atoms with E-state index in [1.165, 1.54) is 24.1 Å². The molecule has 2 rings (SSSR count). The first-order valence-corrected chi connectivity index (χ1v) is 5.84. The fourth-order valence-corrected chi connectivity index (χ4v) is 2.20. The van der Waals surface area contributed by atoms with E-state index in [1.807, 2.05) is 0 Å². The molecule has 7 heteroatoms. The molecule has 1 aromatic carbocycles. The Balaban J connectivity index is 2.43. The van der Waals surface area contributed by atoms with Crippen LogP contribution in [0.15, 0.2) is 18.2 Å². The summed E-state index contributed by atoms with van der Waals surface area (Å²) in [5, 5.41) is 9.00. The van der Waals surface area contributed by atoms with Crippen molar-refractivity contribution in [2.45, 2.75) is 12.1 Å². The summed E-state index contributed by atoms with van der Waals surface area (Å²) in [6.45, 7) is -0.293. The van der Waals surface area contributed by atoms with Crippen molar-refractivity contribution in [3.8, 4) is 0 Å². The quantitative estimate of drug-likeness (QED) is 0.894. The standard InChI is InChI=1S/C12H11ClFNO4/c1-15-9(16)5-19-11(12(17)18)10(15)6-2-3-8(14)7(13)4-6/h2-4,10-11H,5H2,1H3,(H,17,18). The number of aliphatic carboxylic acids is 1. The molecule has 2 unspecified atom stereocenters. The highest BCUT2D eigenvalue weighted by Gasteiger charge is 2.40. The molecule has 1 heterocycles. The monoisotopic (exact) mass is 287 g/mol. The number of rotatable bonds is 2. The van der Waals surface area contributed by atoms with Crippen LogP contribution < -0.4 is 0 Å². The molecule has 1 saturated heterocycles. The van der Waals surface area contributed by atoms with E-state index < -0.39 is 23.9 Å². The number of carboxylic acid groups (broad SMARTS) is 1. The summed E-state index contributed by atoms with van der Waals surface area (Å²) < 4.78 is 18.2. The number of ether oxygens (including phenoxy) is 1. The lowest BCUT2D eigenvalue weighted by Crippen LogP contribution is -2.50. The first-order chi connectivity index (χ1) is 8.91. The molecule has 1 fully saturated rings. The lowest BCUT2D eigenvalue weighted by atomic mass is 9.98. The van der Waals surface area contributed by atoms with Crippen LogP contribution in [0.3, 0.4) is 0 Å². The molecule has 1 aromatic rings. The molecule has 1 aliphatic rings. The van der Waals surface area contributed by atoms with Gasteiger partial charge in [0.1, 0.15) is 12.4 Å². The average Bonchev–Trinajstić information content (AvgIpc) is 2.35. The maximum absolute atomic E-state index is 13.1. The van der Waals surface area contributed by atoms with Crippen LogP contribution in [-0.2, 0) is 14.3 Å². The van der Waals surface area contributed by atoms with Gasteiger partial charge in [-0.25, -0.2) is 9.18 Å². The maximum Gasteiger partial charge on any atom is 0.335 e. The molecule has 0 radical (unpaired) electrons. The number of hydrogen-bond acceptors (Lipinski definition) is 3. The van der Waals surface area contributed by atoms with Crippen LogP contribution in [0.25, 0.3) is 0 Å². The van der Waals surface area contributed by atoms with Gasteiger partial charge < -0.3 is 14.7 Å². The van der Waals surface area contributed by atoms with Gasteiger partial charge >= 0.3 is 5.97 Å². The Hall–Kier alpha value is -1.66. The van der Waals surface area contributed by atoms with Crippen LogP contribution in [0.5, 0.6) is 0 Å². The molecule has 0 aromatic heterocycles. The predicted molar refractivity (Wildman–Crippen MR) is 64.3 cm³/mol. The van der Waals surface area contributed by atoms with Gasteiger partial charge in [-0.15, -0.1) is 0 Å². The predicted octanol–water partition coefficient (Wildman–Crippen LogP) is 1.46. The highest BCUT2D eigenvalue weighted by molar-refractivity contribution is 6.30. The van der Waals surface area contributed by atoms with E-state index in [-0.39, 0.29) is 17.5 Å². The Kier molecular flexibility index (Phi) is 3.73. The number of hydrogen-bond donors (Lipinski definition) is 1. The van der Waals surface area contributed by atoms with E-state index in [4.69, 9.17) is 21.4 Å². The Bertz CT molecular complexity index is 536. The van der Waals surface area contributed by atoms with E-state index in [0.717, 1.165) is 6.07 Å². The van der Waals surface area contributed by atoms with E-state index >= 15 is 0 Å². The van der Waals surface area contributed by atoms with Crippen molar-refractivity contribution in [3.05, 3.63) is 34.6 Å². The summed E-state index contributed by atoms with van der Waals surface area (Å²) in [5.74, 6) is -2.14. The number of amides is 1. The second-order valence-corrected chi connectivity index (χ2v) is 4.60. The SMILES string of the molecule is CN1C(=O)COC(C(=O)O)C1c1ccc(F)c(Cl)c1. The van der Waals surface area contributed by atoms with E-state index in [1.54, 1.807) is 0 Å². The van der Waals surface area contributed by atoms with E-state index in [0.29, 0.717) is 5.56 Å². The zero-order valence-electron chi connectivity index (χ0n) is 9.97. The third-order valence-electron chi connectivity index (χ3n) is 3.01. The van der Waals surface area contributed by atoms with Gasteiger partial charge in [-0.3, -0.25) is 4.79 Å². The van der Waals surface area contributed by atoms with Gasteiger partial charge in [-0.05, 0) is 17.7 Å². The lowest BCUT2D eigenvalue weighted by Gasteiger charge is -2.37. The summed E-state index contributed by atoms with van der Waals surface area (Å²) in [6.07, 6.45) is -1.20. The molecule has 1 amide bonds. The van der Waals surface area contributed by atoms with Crippen LogP contribution in [0.1, 0.15) is 11.6 Å². The number of carboxylic acids is 1. The molecule has 2 atom stereocenters.